The molecule has 1 fully saturated rings. The first-order valence-electron chi connectivity index (χ1n) is 9.94. The number of hydrogen-bond donors (Lipinski definition) is 2. The van der Waals surface area contributed by atoms with Crippen LogP contribution in [-0.2, 0) is 18.3 Å². The van der Waals surface area contributed by atoms with Crippen molar-refractivity contribution in [2.45, 2.75) is 57.2 Å². The van der Waals surface area contributed by atoms with Crippen molar-refractivity contribution in [2.24, 2.45) is 13.0 Å². The predicted octanol–water partition coefficient (Wildman–Crippen LogP) is 4.38. The number of rotatable bonds is 4. The number of halogens is 1. The summed E-state index contributed by atoms with van der Waals surface area (Å²) in [4.78, 5) is 12.5. The van der Waals surface area contributed by atoms with Gasteiger partial charge in [-0.3, -0.25) is 9.48 Å². The molecule has 0 spiro atoms. The van der Waals surface area contributed by atoms with Gasteiger partial charge in [0.25, 0.3) is 0 Å². The fourth-order valence-corrected chi connectivity index (χ4v) is 4.33. The van der Waals surface area contributed by atoms with Crippen molar-refractivity contribution in [3.05, 3.63) is 41.7 Å². The maximum absolute atomic E-state index is 14.6. The number of fused-ring (bicyclic) bond motifs is 1. The van der Waals surface area contributed by atoms with Gasteiger partial charge in [0.05, 0.1) is 12.2 Å². The normalized spacial score (nSPS) is 22.9. The molecule has 144 valence electrons. The van der Waals surface area contributed by atoms with E-state index in [4.69, 9.17) is 0 Å². The monoisotopic (exact) mass is 370 g/mol. The number of nitrogens with zero attached hydrogens (tertiary/aromatic N) is 2. The number of carbonyl (C=O) groups is 1. The fraction of sp³-hybridized carbons (Fsp3) is 0.524. The van der Waals surface area contributed by atoms with Gasteiger partial charge < -0.3 is 10.6 Å². The Morgan fingerprint density at radius 1 is 1.19 bits per heavy atom. The third-order valence-electron chi connectivity index (χ3n) is 5.88. The summed E-state index contributed by atoms with van der Waals surface area (Å²) in [6.07, 6.45) is 7.43. The van der Waals surface area contributed by atoms with Crippen LogP contribution in [-0.4, -0.2) is 21.9 Å². The van der Waals surface area contributed by atoms with E-state index in [0.29, 0.717) is 12.8 Å². The molecule has 1 aromatic carbocycles. The summed E-state index contributed by atoms with van der Waals surface area (Å²) in [5.74, 6) is 0.212. The number of hydrogen-bond acceptors (Lipinski definition) is 3. The van der Waals surface area contributed by atoms with E-state index in [0.717, 1.165) is 48.3 Å². The first-order chi connectivity index (χ1) is 13.1. The van der Waals surface area contributed by atoms with Crippen LogP contribution in [0.4, 0.5) is 15.8 Å². The average molecular weight is 370 g/mol. The van der Waals surface area contributed by atoms with Crippen molar-refractivity contribution >= 4 is 17.3 Å². The van der Waals surface area contributed by atoms with Gasteiger partial charge in [-0.05, 0) is 43.9 Å². The lowest BCUT2D eigenvalue weighted by molar-refractivity contribution is -0.120. The summed E-state index contributed by atoms with van der Waals surface area (Å²) in [6, 6.07) is 7.16. The molecule has 2 aliphatic carbocycles. The van der Waals surface area contributed by atoms with E-state index in [1.807, 2.05) is 36.0 Å². The SMILES string of the molecule is Cn1ncc2c1CCC(F)C2Nc1cccc(NC(=O)C2CCCCC2)c1. The number of amides is 1. The highest BCUT2D eigenvalue weighted by Gasteiger charge is 2.32. The molecule has 0 bridgehead atoms. The van der Waals surface area contributed by atoms with Gasteiger partial charge in [-0.15, -0.1) is 0 Å². The zero-order valence-electron chi connectivity index (χ0n) is 15.7. The molecule has 27 heavy (non-hydrogen) atoms. The van der Waals surface area contributed by atoms with Crippen LogP contribution in [0.3, 0.4) is 0 Å². The molecule has 2 N–H and O–H groups in total. The Labute approximate surface area is 159 Å². The number of anilines is 2. The van der Waals surface area contributed by atoms with Crippen molar-refractivity contribution in [3.63, 3.8) is 0 Å². The van der Waals surface area contributed by atoms with Gasteiger partial charge in [-0.25, -0.2) is 4.39 Å². The summed E-state index contributed by atoms with van der Waals surface area (Å²) in [7, 11) is 1.90. The Kier molecular flexibility index (Phi) is 5.14. The van der Waals surface area contributed by atoms with E-state index in [1.165, 1.54) is 6.42 Å². The first-order valence-corrected chi connectivity index (χ1v) is 9.94. The van der Waals surface area contributed by atoms with E-state index in [2.05, 4.69) is 15.7 Å². The molecule has 1 saturated carbocycles. The Morgan fingerprint density at radius 2 is 1.96 bits per heavy atom. The fourth-order valence-electron chi connectivity index (χ4n) is 4.33. The molecule has 2 aliphatic rings. The highest BCUT2D eigenvalue weighted by Crippen LogP contribution is 2.35. The van der Waals surface area contributed by atoms with Crippen LogP contribution in [0.2, 0.25) is 0 Å². The van der Waals surface area contributed by atoms with Gasteiger partial charge in [0.1, 0.15) is 6.17 Å². The largest absolute Gasteiger partial charge is 0.375 e. The average Bonchev–Trinajstić information content (AvgIpc) is 3.06. The highest BCUT2D eigenvalue weighted by atomic mass is 19.1. The number of nitrogens with one attached hydrogen (secondary N) is 2. The van der Waals surface area contributed by atoms with Gasteiger partial charge in [0.15, 0.2) is 0 Å². The summed E-state index contributed by atoms with van der Waals surface area (Å²) >= 11 is 0. The zero-order chi connectivity index (χ0) is 18.8. The number of carbonyl (C=O) groups excluding carboxylic acids is 1. The van der Waals surface area contributed by atoms with Crippen molar-refractivity contribution in [2.75, 3.05) is 10.6 Å². The highest BCUT2D eigenvalue weighted by molar-refractivity contribution is 5.93. The Hall–Kier alpha value is -2.37. The van der Waals surface area contributed by atoms with Gasteiger partial charge in [-0.2, -0.15) is 5.10 Å². The minimum Gasteiger partial charge on any atom is -0.375 e. The molecule has 0 saturated heterocycles. The third-order valence-corrected chi connectivity index (χ3v) is 5.88. The molecule has 0 aliphatic heterocycles. The molecule has 2 aromatic rings. The molecule has 6 heteroatoms. The first kappa shape index (κ1) is 18.0. The van der Waals surface area contributed by atoms with E-state index in [-0.39, 0.29) is 11.8 Å². The molecule has 1 heterocycles. The zero-order valence-corrected chi connectivity index (χ0v) is 15.7. The minimum absolute atomic E-state index is 0.0995. The van der Waals surface area contributed by atoms with Crippen LogP contribution >= 0.6 is 0 Å². The van der Waals surface area contributed by atoms with E-state index in [9.17, 15) is 9.18 Å². The molecule has 1 amide bonds. The lowest BCUT2D eigenvalue weighted by Gasteiger charge is -2.28. The van der Waals surface area contributed by atoms with Crippen molar-refractivity contribution < 1.29 is 9.18 Å². The van der Waals surface area contributed by atoms with Gasteiger partial charge in [0.2, 0.25) is 5.91 Å². The molecule has 2 atom stereocenters. The van der Waals surface area contributed by atoms with Crippen molar-refractivity contribution in [3.8, 4) is 0 Å². The van der Waals surface area contributed by atoms with Crippen molar-refractivity contribution in [1.82, 2.24) is 9.78 Å². The molecule has 0 radical (unpaired) electrons. The van der Waals surface area contributed by atoms with Crippen LogP contribution in [0, 0.1) is 5.92 Å². The van der Waals surface area contributed by atoms with Gasteiger partial charge in [-0.1, -0.05) is 25.3 Å². The topological polar surface area (TPSA) is 59.0 Å². The summed E-state index contributed by atoms with van der Waals surface area (Å²) < 4.78 is 16.4. The molecular weight excluding hydrogens is 343 g/mol. The predicted molar refractivity (Wildman–Crippen MR) is 104 cm³/mol. The van der Waals surface area contributed by atoms with Crippen LogP contribution in [0.1, 0.15) is 55.8 Å². The maximum atomic E-state index is 14.6. The molecule has 5 nitrogen and oxygen atoms in total. The van der Waals surface area contributed by atoms with Gasteiger partial charge in [0, 0.05) is 35.6 Å². The number of aryl methyl sites for hydroxylation is 1. The van der Waals surface area contributed by atoms with Gasteiger partial charge >= 0.3 is 0 Å². The Balaban J connectivity index is 1.47. The smallest absolute Gasteiger partial charge is 0.227 e. The van der Waals surface area contributed by atoms with Crippen LogP contribution in [0.5, 0.6) is 0 Å². The minimum atomic E-state index is -0.956. The molecule has 1 aromatic heterocycles. The lowest BCUT2D eigenvalue weighted by atomic mass is 9.88. The number of benzene rings is 1. The Bertz CT molecular complexity index is 812. The van der Waals surface area contributed by atoms with Crippen LogP contribution in [0.15, 0.2) is 30.5 Å². The van der Waals surface area contributed by atoms with Crippen LogP contribution < -0.4 is 10.6 Å². The third kappa shape index (κ3) is 3.84. The second kappa shape index (κ2) is 7.71. The second-order valence-corrected chi connectivity index (χ2v) is 7.75. The van der Waals surface area contributed by atoms with Crippen LogP contribution in [0.25, 0.3) is 0 Å². The molecular formula is C21H27FN4O. The van der Waals surface area contributed by atoms with E-state index >= 15 is 0 Å². The summed E-state index contributed by atoms with van der Waals surface area (Å²) in [5, 5.41) is 10.6. The number of alkyl halides is 1. The standard InChI is InChI=1S/C21H27FN4O/c1-26-19-11-10-18(22)20(17(19)13-23-26)24-15-8-5-9-16(12-15)25-21(27)14-6-3-2-4-7-14/h5,8-9,12-14,18,20,24H,2-4,6-7,10-11H2,1H3,(H,25,27). The summed E-state index contributed by atoms with van der Waals surface area (Å²) in [6.45, 7) is 0. The molecule has 2 unspecified atom stereocenters. The second-order valence-electron chi connectivity index (χ2n) is 7.75. The Morgan fingerprint density at radius 3 is 2.78 bits per heavy atom. The quantitative estimate of drug-likeness (QED) is 0.840. The summed E-state index contributed by atoms with van der Waals surface area (Å²) in [5.41, 5.74) is 3.57. The molecule has 4 rings (SSSR count). The number of aromatic nitrogens is 2. The lowest BCUT2D eigenvalue weighted by Crippen LogP contribution is -2.28. The van der Waals surface area contributed by atoms with E-state index in [1.54, 1.807) is 6.20 Å². The van der Waals surface area contributed by atoms with Crippen molar-refractivity contribution in [1.29, 1.82) is 0 Å². The maximum Gasteiger partial charge on any atom is 0.227 e. The van der Waals surface area contributed by atoms with E-state index < -0.39 is 12.2 Å².